The lowest BCUT2D eigenvalue weighted by atomic mass is 10.1. The minimum absolute atomic E-state index is 0.159. The molecule has 0 heterocycles. The fourth-order valence-corrected chi connectivity index (χ4v) is 13.7. The van der Waals surface area contributed by atoms with E-state index in [1.807, 2.05) is 36.4 Å². The molecule has 2 unspecified atom stereocenters. The first-order valence-electron chi connectivity index (χ1n) is 14.8. The van der Waals surface area contributed by atoms with E-state index in [9.17, 15) is 10.2 Å². The summed E-state index contributed by atoms with van der Waals surface area (Å²) in [5, 5.41) is 21.8. The van der Waals surface area contributed by atoms with Crippen molar-refractivity contribution >= 4 is 21.6 Å². The van der Waals surface area contributed by atoms with Crippen LogP contribution in [0, 0.1) is 0 Å². The summed E-state index contributed by atoms with van der Waals surface area (Å²) in [7, 11) is -3.86. The van der Waals surface area contributed by atoms with Crippen LogP contribution in [0.15, 0.2) is 78.9 Å². The highest BCUT2D eigenvalue weighted by atomic mass is 28.4. The molecule has 3 nitrogen and oxygen atoms in total. The van der Waals surface area contributed by atoms with E-state index in [4.69, 9.17) is 4.43 Å². The third-order valence-electron chi connectivity index (χ3n) is 8.71. The molecule has 0 aromatic heterocycles. The average Bonchev–Trinajstić information content (AvgIpc) is 2.90. The minimum atomic E-state index is -2.30. The maximum Gasteiger partial charge on any atom is 0.224 e. The zero-order chi connectivity index (χ0) is 28.5. The zero-order valence-corrected chi connectivity index (χ0v) is 27.0. The molecule has 0 aliphatic carbocycles. The van der Waals surface area contributed by atoms with Gasteiger partial charge in [0.25, 0.3) is 0 Å². The molecule has 0 amide bonds. The largest absolute Gasteiger partial charge is 0.508 e. The molecule has 0 aliphatic rings. The highest BCUT2D eigenvalue weighted by molar-refractivity contribution is 6.87. The Morgan fingerprint density at radius 3 is 1.82 bits per heavy atom. The van der Waals surface area contributed by atoms with E-state index in [1.54, 1.807) is 12.1 Å². The van der Waals surface area contributed by atoms with Crippen molar-refractivity contribution in [3.05, 3.63) is 90.0 Å². The summed E-state index contributed by atoms with van der Waals surface area (Å²) in [6.07, 6.45) is 6.03. The number of rotatable bonds is 15. The van der Waals surface area contributed by atoms with E-state index in [-0.39, 0.29) is 5.60 Å². The highest BCUT2D eigenvalue weighted by Gasteiger charge is 2.44. The second-order valence-corrected chi connectivity index (χ2v) is 21.8. The molecule has 39 heavy (non-hydrogen) atoms. The van der Waals surface area contributed by atoms with E-state index in [0.717, 1.165) is 55.7 Å². The van der Waals surface area contributed by atoms with E-state index in [2.05, 4.69) is 70.7 Å². The fourth-order valence-electron chi connectivity index (χ4n) is 6.13. The van der Waals surface area contributed by atoms with E-state index >= 15 is 0 Å². The van der Waals surface area contributed by atoms with Crippen molar-refractivity contribution in [2.75, 3.05) is 0 Å². The lowest BCUT2D eigenvalue weighted by Crippen LogP contribution is -2.57. The van der Waals surface area contributed by atoms with E-state index in [1.165, 1.54) is 11.2 Å². The second-order valence-electron chi connectivity index (χ2n) is 12.6. The van der Waals surface area contributed by atoms with Crippen LogP contribution in [0.3, 0.4) is 0 Å². The highest BCUT2D eigenvalue weighted by Crippen LogP contribution is 2.38. The van der Waals surface area contributed by atoms with Gasteiger partial charge in [-0.1, -0.05) is 113 Å². The molecule has 0 bridgehead atoms. The number of para-hydroxylation sites is 2. The predicted octanol–water partition coefficient (Wildman–Crippen LogP) is 8.82. The summed E-state index contributed by atoms with van der Waals surface area (Å²) in [4.78, 5) is 0. The van der Waals surface area contributed by atoms with Crippen LogP contribution in [0.4, 0.5) is 0 Å². The SMILES string of the molecule is CC[C@@](C)(C[Si](C)(C)CCCc1ccccc1O)O[Si](C)(c1ccccc1)C(C)CCCc1ccccc1O. The van der Waals surface area contributed by atoms with Gasteiger partial charge in [-0.25, -0.2) is 0 Å². The minimum Gasteiger partial charge on any atom is -0.508 e. The van der Waals surface area contributed by atoms with Crippen LogP contribution in [-0.4, -0.2) is 32.2 Å². The van der Waals surface area contributed by atoms with Gasteiger partial charge in [-0.15, -0.1) is 0 Å². The lowest BCUT2D eigenvalue weighted by Gasteiger charge is -2.45. The Morgan fingerprint density at radius 2 is 1.28 bits per heavy atom. The number of phenolic OH excluding ortho intramolecular Hbond substituents is 2. The monoisotopic (exact) mass is 562 g/mol. The normalized spacial score (nSPS) is 15.8. The van der Waals surface area contributed by atoms with Crippen molar-refractivity contribution in [1.29, 1.82) is 0 Å². The van der Waals surface area contributed by atoms with Crippen LogP contribution in [0.5, 0.6) is 11.5 Å². The number of hydrogen-bond donors (Lipinski definition) is 2. The van der Waals surface area contributed by atoms with Gasteiger partial charge in [0.05, 0.1) is 13.7 Å². The molecule has 2 N–H and O–H groups in total. The fraction of sp³-hybridized carbons (Fsp3) is 0.471. The summed E-state index contributed by atoms with van der Waals surface area (Å²) in [5.41, 5.74) is 2.37. The molecule has 0 saturated carbocycles. The Bertz CT molecular complexity index is 1170. The number of phenols is 2. The van der Waals surface area contributed by atoms with Crippen LogP contribution in [-0.2, 0) is 17.3 Å². The van der Waals surface area contributed by atoms with Gasteiger partial charge >= 0.3 is 0 Å². The topological polar surface area (TPSA) is 49.7 Å². The molecule has 3 aromatic carbocycles. The van der Waals surface area contributed by atoms with Crippen molar-refractivity contribution in [1.82, 2.24) is 0 Å². The van der Waals surface area contributed by atoms with Crippen molar-refractivity contribution < 1.29 is 14.6 Å². The molecule has 212 valence electrons. The van der Waals surface area contributed by atoms with Crippen molar-refractivity contribution in [2.45, 2.75) is 102 Å². The van der Waals surface area contributed by atoms with Crippen molar-refractivity contribution in [2.24, 2.45) is 0 Å². The summed E-state index contributed by atoms with van der Waals surface area (Å²) in [6, 6.07) is 28.8. The zero-order valence-electron chi connectivity index (χ0n) is 25.0. The van der Waals surface area contributed by atoms with E-state index in [0.29, 0.717) is 17.0 Å². The maximum atomic E-state index is 10.2. The van der Waals surface area contributed by atoms with Crippen LogP contribution >= 0.6 is 0 Å². The Balaban J connectivity index is 1.71. The summed E-state index contributed by atoms with van der Waals surface area (Å²) < 4.78 is 7.45. The summed E-state index contributed by atoms with van der Waals surface area (Å²) in [5.74, 6) is 0.817. The Morgan fingerprint density at radius 1 is 0.769 bits per heavy atom. The molecular weight excluding hydrogens is 513 g/mol. The Kier molecular flexibility index (Phi) is 11.1. The number of aromatic hydroxyl groups is 2. The van der Waals surface area contributed by atoms with Gasteiger partial charge in [0, 0.05) is 0 Å². The van der Waals surface area contributed by atoms with E-state index < -0.39 is 16.4 Å². The molecule has 0 saturated heterocycles. The molecule has 0 aliphatic heterocycles. The van der Waals surface area contributed by atoms with Crippen molar-refractivity contribution in [3.8, 4) is 11.5 Å². The van der Waals surface area contributed by atoms with Gasteiger partial charge in [-0.2, -0.15) is 0 Å². The number of hydrogen-bond acceptors (Lipinski definition) is 3. The number of aryl methyl sites for hydroxylation is 2. The van der Waals surface area contributed by atoms with Gasteiger partial charge in [0.15, 0.2) is 0 Å². The third-order valence-corrected chi connectivity index (χ3v) is 16.7. The predicted molar refractivity (Wildman–Crippen MR) is 171 cm³/mol. The van der Waals surface area contributed by atoms with Gasteiger partial charge in [-0.05, 0) is 79.2 Å². The number of benzene rings is 3. The molecule has 0 spiro atoms. The Hall–Kier alpha value is -2.35. The first-order valence-corrected chi connectivity index (χ1v) is 20.7. The first-order chi connectivity index (χ1) is 18.5. The average molecular weight is 563 g/mol. The molecule has 3 atom stereocenters. The van der Waals surface area contributed by atoms with Gasteiger partial charge in [-0.3, -0.25) is 0 Å². The van der Waals surface area contributed by atoms with Crippen LogP contribution in [0.2, 0.25) is 37.3 Å². The lowest BCUT2D eigenvalue weighted by molar-refractivity contribution is 0.0921. The second kappa shape index (κ2) is 13.8. The van der Waals surface area contributed by atoms with Gasteiger partial charge in [0.2, 0.25) is 8.32 Å². The summed E-state index contributed by atoms with van der Waals surface area (Å²) in [6.45, 7) is 14.5. The molecule has 0 fully saturated rings. The summed E-state index contributed by atoms with van der Waals surface area (Å²) >= 11 is 0. The van der Waals surface area contributed by atoms with Crippen LogP contribution < -0.4 is 5.19 Å². The third kappa shape index (κ3) is 8.82. The molecule has 0 radical (unpaired) electrons. The van der Waals surface area contributed by atoms with Crippen LogP contribution in [0.25, 0.3) is 0 Å². The van der Waals surface area contributed by atoms with Gasteiger partial charge < -0.3 is 14.6 Å². The molecule has 3 aromatic rings. The van der Waals surface area contributed by atoms with Crippen LogP contribution in [0.1, 0.15) is 57.6 Å². The Labute approximate surface area is 239 Å². The molecular formula is C34H50O3Si2. The first kappa shape index (κ1) is 31.2. The van der Waals surface area contributed by atoms with Crippen molar-refractivity contribution in [3.63, 3.8) is 0 Å². The quantitative estimate of drug-likeness (QED) is 0.182. The standard InChI is InChI=1S/C34H50O3Si2/c1-7-34(3,27-38(4,5)26-16-21-30-19-12-14-25-33(30)36)37-39(6,31-22-9-8-10-23-31)28(2)17-15-20-29-18-11-13-24-32(29)35/h8-14,18-19,22-25,28,35-36H,7,15-17,20-21,26-27H2,1-6H3/t28?,34-,39?/m0/s1. The smallest absolute Gasteiger partial charge is 0.224 e. The maximum absolute atomic E-state index is 10.2. The molecule has 5 heteroatoms. The molecule has 3 rings (SSSR count). The van der Waals surface area contributed by atoms with Gasteiger partial charge in [0.1, 0.15) is 11.5 Å².